The van der Waals surface area contributed by atoms with Crippen molar-refractivity contribution in [2.45, 2.75) is 88.5 Å². The lowest BCUT2D eigenvalue weighted by Gasteiger charge is -2.40. The topological polar surface area (TPSA) is 52.6 Å². The third-order valence-electron chi connectivity index (χ3n) is 9.73. The Hall–Kier alpha value is -1.58. The number of hydrogen-bond acceptors (Lipinski definition) is 4. The van der Waals surface area contributed by atoms with E-state index in [1.807, 2.05) is 19.9 Å². The lowest BCUT2D eigenvalue weighted by atomic mass is 9.64. The molecule has 0 aromatic carbocycles. The first kappa shape index (κ1) is 31.4. The Balaban J connectivity index is 0.000000346. The normalized spacial score (nSPS) is 43.2. The Morgan fingerprint density at radius 2 is 1.37 bits per heavy atom. The fourth-order valence-electron chi connectivity index (χ4n) is 8.56. The van der Waals surface area contributed by atoms with Crippen molar-refractivity contribution >= 4 is 11.9 Å². The van der Waals surface area contributed by atoms with Gasteiger partial charge in [-0.2, -0.15) is 0 Å². The first-order valence-corrected chi connectivity index (χ1v) is 13.0. The van der Waals surface area contributed by atoms with Crippen LogP contribution in [0.3, 0.4) is 0 Å². The number of carbonyl (C=O) groups is 2. The molecule has 35 heavy (non-hydrogen) atoms. The van der Waals surface area contributed by atoms with Crippen molar-refractivity contribution in [2.75, 3.05) is 14.2 Å². The minimum Gasteiger partial charge on any atom is -0.469 e. The molecular weight excluding hydrogens is 436 g/mol. The minimum atomic E-state index is -0.305. The van der Waals surface area contributed by atoms with Crippen LogP contribution in [0.4, 0.5) is 0 Å². The summed E-state index contributed by atoms with van der Waals surface area (Å²) in [6.07, 6.45) is 14.4. The van der Waals surface area contributed by atoms with Gasteiger partial charge in [0, 0.05) is 0 Å². The van der Waals surface area contributed by atoms with Crippen molar-refractivity contribution in [3.05, 3.63) is 24.3 Å². The predicted octanol–water partition coefficient (Wildman–Crippen LogP) is 7.73. The molecule has 4 saturated carbocycles. The molecule has 4 rings (SSSR count). The number of methoxy groups -OCH3 is 2. The molecule has 4 aliphatic rings. The largest absolute Gasteiger partial charge is 0.469 e. The summed E-state index contributed by atoms with van der Waals surface area (Å²) in [6, 6.07) is 0. The average molecular weight is 491 g/mol. The third kappa shape index (κ3) is 5.42. The van der Waals surface area contributed by atoms with Crippen LogP contribution >= 0.6 is 0 Å². The van der Waals surface area contributed by atoms with Crippen LogP contribution in [0.25, 0.3) is 0 Å². The minimum absolute atomic E-state index is 0. The van der Waals surface area contributed by atoms with Gasteiger partial charge in [-0.1, -0.05) is 53.0 Å². The highest BCUT2D eigenvalue weighted by atomic mass is 16.5. The van der Waals surface area contributed by atoms with E-state index >= 15 is 0 Å². The Morgan fingerprint density at radius 1 is 0.800 bits per heavy atom. The lowest BCUT2D eigenvalue weighted by molar-refractivity contribution is -0.157. The number of carbonyl (C=O) groups excluding carboxylic acids is 2. The van der Waals surface area contributed by atoms with Crippen LogP contribution in [-0.4, -0.2) is 26.2 Å². The van der Waals surface area contributed by atoms with E-state index in [9.17, 15) is 9.59 Å². The number of esters is 2. The molecule has 4 nitrogen and oxygen atoms in total. The second kappa shape index (κ2) is 12.1. The van der Waals surface area contributed by atoms with Crippen LogP contribution in [0, 0.1) is 58.2 Å². The number of allylic oxidation sites excluding steroid dienone is 4. The van der Waals surface area contributed by atoms with Gasteiger partial charge in [-0.3, -0.25) is 9.59 Å². The first-order chi connectivity index (χ1) is 15.6. The van der Waals surface area contributed by atoms with E-state index in [2.05, 4.69) is 45.9 Å². The van der Waals surface area contributed by atoms with Gasteiger partial charge < -0.3 is 9.47 Å². The molecule has 4 fully saturated rings. The van der Waals surface area contributed by atoms with Gasteiger partial charge in [0.25, 0.3) is 0 Å². The Kier molecular flexibility index (Phi) is 10.9. The Morgan fingerprint density at radius 3 is 1.91 bits per heavy atom. The summed E-state index contributed by atoms with van der Waals surface area (Å²) in [5, 5.41) is 0. The molecule has 202 valence electrons. The van der Waals surface area contributed by atoms with Crippen molar-refractivity contribution in [1.82, 2.24) is 0 Å². The highest BCUT2D eigenvalue weighted by Gasteiger charge is 2.65. The zero-order valence-corrected chi connectivity index (χ0v) is 22.1. The molecule has 0 aliphatic heterocycles. The van der Waals surface area contributed by atoms with Crippen molar-refractivity contribution in [3.8, 4) is 0 Å². The molecule has 2 bridgehead atoms. The van der Waals surface area contributed by atoms with E-state index < -0.39 is 0 Å². The summed E-state index contributed by atoms with van der Waals surface area (Å²) in [7, 11) is 3.01. The van der Waals surface area contributed by atoms with Gasteiger partial charge in [0.2, 0.25) is 0 Å². The standard InChI is InChI=1S/C17H26O2.C12H20O2.2CH4/c1-5-6-11-7-10(2)14-12-8-13(15(11)14)17(3,9-12)16(18)19-4;1-5-6-10-7-9(2)8-12(10,3)11(13)14-4;;/h5-6,10-15H,7-9H2,1-4H3;5-6,9-10H,7-8H2,1-4H3;2*1H4/b2*6-5+;;. The smallest absolute Gasteiger partial charge is 0.312 e. The molecule has 4 aliphatic carbocycles. The van der Waals surface area contributed by atoms with E-state index in [1.165, 1.54) is 27.1 Å². The van der Waals surface area contributed by atoms with Crippen LogP contribution in [0.15, 0.2) is 24.3 Å². The van der Waals surface area contributed by atoms with Crippen LogP contribution in [0.2, 0.25) is 0 Å². The quantitative estimate of drug-likeness (QED) is 0.299. The van der Waals surface area contributed by atoms with Gasteiger partial charge in [0.15, 0.2) is 0 Å². The monoisotopic (exact) mass is 490 g/mol. The summed E-state index contributed by atoms with van der Waals surface area (Å²) < 4.78 is 9.99. The molecule has 0 spiro atoms. The van der Waals surface area contributed by atoms with Gasteiger partial charge in [-0.15, -0.1) is 0 Å². The molecule has 0 N–H and O–H groups in total. The molecule has 0 saturated heterocycles. The Bertz CT molecular complexity index is 785. The zero-order chi connectivity index (χ0) is 24.6. The van der Waals surface area contributed by atoms with E-state index in [0.29, 0.717) is 29.6 Å². The Labute approximate surface area is 216 Å². The second-order valence-corrected chi connectivity index (χ2v) is 11.9. The fraction of sp³-hybridized carbons (Fsp3) is 0.806. The first-order valence-electron chi connectivity index (χ1n) is 13.0. The van der Waals surface area contributed by atoms with E-state index in [4.69, 9.17) is 9.47 Å². The van der Waals surface area contributed by atoms with Gasteiger partial charge in [-0.25, -0.2) is 0 Å². The summed E-state index contributed by atoms with van der Waals surface area (Å²) >= 11 is 0. The fourth-order valence-corrected chi connectivity index (χ4v) is 8.56. The highest BCUT2D eigenvalue weighted by molar-refractivity contribution is 5.78. The van der Waals surface area contributed by atoms with Gasteiger partial charge in [0.1, 0.15) is 0 Å². The molecule has 0 radical (unpaired) electrons. The van der Waals surface area contributed by atoms with E-state index in [-0.39, 0.29) is 37.6 Å². The molecule has 0 heterocycles. The predicted molar refractivity (Wildman–Crippen MR) is 146 cm³/mol. The molecule has 10 unspecified atom stereocenters. The van der Waals surface area contributed by atoms with Crippen LogP contribution < -0.4 is 0 Å². The molecule has 0 aromatic heterocycles. The number of ether oxygens (including phenoxy) is 2. The van der Waals surface area contributed by atoms with Crippen molar-refractivity contribution in [1.29, 1.82) is 0 Å². The molecule has 0 aromatic rings. The molecule has 4 heteroatoms. The number of rotatable bonds is 4. The van der Waals surface area contributed by atoms with E-state index in [0.717, 1.165) is 37.0 Å². The number of fused-ring (bicyclic) bond motifs is 5. The van der Waals surface area contributed by atoms with Gasteiger partial charge in [0.05, 0.1) is 25.0 Å². The van der Waals surface area contributed by atoms with Crippen LogP contribution in [-0.2, 0) is 19.1 Å². The third-order valence-corrected chi connectivity index (χ3v) is 9.73. The maximum absolute atomic E-state index is 12.2. The van der Waals surface area contributed by atoms with Gasteiger partial charge in [-0.05, 0) is 107 Å². The molecule has 10 atom stereocenters. The van der Waals surface area contributed by atoms with Crippen molar-refractivity contribution < 1.29 is 19.1 Å². The second-order valence-electron chi connectivity index (χ2n) is 11.9. The number of hydrogen-bond donors (Lipinski definition) is 0. The van der Waals surface area contributed by atoms with Crippen LogP contribution in [0.1, 0.15) is 88.5 Å². The summed E-state index contributed by atoms with van der Waals surface area (Å²) in [5.41, 5.74) is -0.523. The molecule has 0 amide bonds. The van der Waals surface area contributed by atoms with Crippen LogP contribution in [0.5, 0.6) is 0 Å². The lowest BCUT2D eigenvalue weighted by Crippen LogP contribution is -2.42. The van der Waals surface area contributed by atoms with Gasteiger partial charge >= 0.3 is 11.9 Å². The van der Waals surface area contributed by atoms with Crippen molar-refractivity contribution in [2.24, 2.45) is 58.2 Å². The van der Waals surface area contributed by atoms with E-state index in [1.54, 1.807) is 0 Å². The molecular formula is C31H54O4. The SMILES string of the molecule is C.C.C/C=C/C1CC(C)C2C3CC(C12)C(C)(C(=O)OC)C3.C/C=C/C1CC(C)CC1(C)C(=O)OC. The maximum atomic E-state index is 12.2. The maximum Gasteiger partial charge on any atom is 0.312 e. The highest BCUT2D eigenvalue weighted by Crippen LogP contribution is 2.68. The summed E-state index contributed by atoms with van der Waals surface area (Å²) in [5.74, 6) is 5.29. The average Bonchev–Trinajstić information content (AvgIpc) is 3.49. The van der Waals surface area contributed by atoms with Crippen molar-refractivity contribution in [3.63, 3.8) is 0 Å². The summed E-state index contributed by atoms with van der Waals surface area (Å²) in [4.78, 5) is 23.9. The zero-order valence-electron chi connectivity index (χ0n) is 22.1. The summed E-state index contributed by atoms with van der Waals surface area (Å²) in [6.45, 7) is 12.9.